The van der Waals surface area contributed by atoms with Gasteiger partial charge in [-0.25, -0.2) is 5.90 Å². The van der Waals surface area contributed by atoms with Gasteiger partial charge in [0, 0.05) is 18.3 Å². The lowest BCUT2D eigenvalue weighted by Crippen LogP contribution is -2.06. The van der Waals surface area contributed by atoms with Crippen LogP contribution in [0.3, 0.4) is 0 Å². The Labute approximate surface area is 65.9 Å². The quantitative estimate of drug-likeness (QED) is 0.639. The number of aromatic nitrogens is 2. The Morgan fingerprint density at radius 2 is 2.36 bits per heavy atom. The maximum absolute atomic E-state index is 5.05. The van der Waals surface area contributed by atoms with E-state index in [1.54, 1.807) is 10.9 Å². The van der Waals surface area contributed by atoms with E-state index in [1.807, 2.05) is 20.9 Å². The number of nitrogens with zero attached hydrogens (tertiary/aromatic N) is 2. The monoisotopic (exact) mass is 155 g/mol. The summed E-state index contributed by atoms with van der Waals surface area (Å²) in [6.07, 6.45) is 1.69. The Balaban J connectivity index is 2.94. The fourth-order valence-corrected chi connectivity index (χ4v) is 0.988. The van der Waals surface area contributed by atoms with Gasteiger partial charge in [-0.2, -0.15) is 5.10 Å². The minimum atomic E-state index is -0.0799. The number of hydrogen-bond acceptors (Lipinski definition) is 3. The molecule has 0 fully saturated rings. The van der Waals surface area contributed by atoms with Gasteiger partial charge >= 0.3 is 0 Å². The van der Waals surface area contributed by atoms with Gasteiger partial charge in [-0.1, -0.05) is 0 Å². The van der Waals surface area contributed by atoms with Crippen molar-refractivity contribution in [1.29, 1.82) is 0 Å². The van der Waals surface area contributed by atoms with E-state index in [-0.39, 0.29) is 6.10 Å². The summed E-state index contributed by atoms with van der Waals surface area (Å²) < 4.78 is 1.80. The van der Waals surface area contributed by atoms with Gasteiger partial charge in [0.25, 0.3) is 0 Å². The zero-order valence-electron chi connectivity index (χ0n) is 7.03. The molecule has 0 aliphatic rings. The lowest BCUT2D eigenvalue weighted by Gasteiger charge is -2.06. The van der Waals surface area contributed by atoms with Gasteiger partial charge in [-0.05, 0) is 13.8 Å². The zero-order chi connectivity index (χ0) is 8.43. The van der Waals surface area contributed by atoms with E-state index in [4.69, 9.17) is 5.90 Å². The molecule has 1 atom stereocenters. The zero-order valence-corrected chi connectivity index (χ0v) is 7.03. The van der Waals surface area contributed by atoms with Crippen molar-refractivity contribution in [3.8, 4) is 0 Å². The van der Waals surface area contributed by atoms with Gasteiger partial charge in [0.2, 0.25) is 0 Å². The topological polar surface area (TPSA) is 53.1 Å². The second-order valence-corrected chi connectivity index (χ2v) is 2.59. The molecule has 1 unspecified atom stereocenters. The van der Waals surface area contributed by atoms with Gasteiger partial charge in [-0.3, -0.25) is 9.52 Å². The Kier molecular flexibility index (Phi) is 2.26. The van der Waals surface area contributed by atoms with Crippen LogP contribution < -0.4 is 5.90 Å². The second-order valence-electron chi connectivity index (χ2n) is 2.59. The highest BCUT2D eigenvalue weighted by Gasteiger charge is 2.10. The Bertz CT molecular complexity index is 244. The molecule has 4 nitrogen and oxygen atoms in total. The van der Waals surface area contributed by atoms with Crippen LogP contribution >= 0.6 is 0 Å². The van der Waals surface area contributed by atoms with Crippen molar-refractivity contribution in [1.82, 2.24) is 9.78 Å². The van der Waals surface area contributed by atoms with Crippen LogP contribution in [0.2, 0.25) is 0 Å². The van der Waals surface area contributed by atoms with Crippen molar-refractivity contribution >= 4 is 0 Å². The summed E-state index contributed by atoms with van der Waals surface area (Å²) in [6.45, 7) is 3.88. The van der Waals surface area contributed by atoms with Gasteiger partial charge in [0.05, 0.1) is 6.20 Å². The van der Waals surface area contributed by atoms with Crippen molar-refractivity contribution in [3.63, 3.8) is 0 Å². The number of rotatable bonds is 2. The summed E-state index contributed by atoms with van der Waals surface area (Å²) in [4.78, 5) is 4.68. The lowest BCUT2D eigenvalue weighted by atomic mass is 10.2. The van der Waals surface area contributed by atoms with E-state index in [0.717, 1.165) is 11.3 Å². The smallest absolute Gasteiger partial charge is 0.104 e. The van der Waals surface area contributed by atoms with E-state index < -0.39 is 0 Å². The molecule has 11 heavy (non-hydrogen) atoms. The fourth-order valence-electron chi connectivity index (χ4n) is 0.988. The standard InChI is InChI=1S/C7H13N3O/c1-5-7(6(2)11-8)4-9-10(5)3/h4,6H,8H2,1-3H3. The van der Waals surface area contributed by atoms with E-state index >= 15 is 0 Å². The first-order valence-corrected chi connectivity index (χ1v) is 3.51. The molecule has 0 saturated heterocycles. The molecule has 0 radical (unpaired) electrons. The van der Waals surface area contributed by atoms with Crippen LogP contribution in [0.5, 0.6) is 0 Å². The highest BCUT2D eigenvalue weighted by molar-refractivity contribution is 5.18. The number of hydrogen-bond donors (Lipinski definition) is 1. The molecule has 2 N–H and O–H groups in total. The van der Waals surface area contributed by atoms with Crippen molar-refractivity contribution in [2.45, 2.75) is 20.0 Å². The SMILES string of the molecule is Cc1c(C(C)ON)cnn1C. The highest BCUT2D eigenvalue weighted by atomic mass is 16.6. The van der Waals surface area contributed by atoms with Crippen LogP contribution in [0, 0.1) is 6.92 Å². The predicted molar refractivity (Wildman–Crippen MR) is 41.6 cm³/mol. The van der Waals surface area contributed by atoms with Crippen LogP contribution in [0.1, 0.15) is 24.3 Å². The fraction of sp³-hybridized carbons (Fsp3) is 0.571. The molecular weight excluding hydrogens is 142 g/mol. The summed E-state index contributed by atoms with van der Waals surface area (Å²) in [5, 5.41) is 4.07. The Morgan fingerprint density at radius 1 is 1.73 bits per heavy atom. The van der Waals surface area contributed by atoms with Crippen molar-refractivity contribution in [2.24, 2.45) is 12.9 Å². The molecule has 0 aliphatic carbocycles. The minimum absolute atomic E-state index is 0.0799. The Morgan fingerprint density at radius 3 is 2.73 bits per heavy atom. The summed E-state index contributed by atoms with van der Waals surface area (Å²) in [5.41, 5.74) is 2.12. The lowest BCUT2D eigenvalue weighted by molar-refractivity contribution is 0.0659. The van der Waals surface area contributed by atoms with E-state index in [1.165, 1.54) is 0 Å². The van der Waals surface area contributed by atoms with Gasteiger partial charge in [0.15, 0.2) is 0 Å². The molecule has 0 spiro atoms. The van der Waals surface area contributed by atoms with E-state index in [9.17, 15) is 0 Å². The molecule has 0 aliphatic heterocycles. The summed E-state index contributed by atoms with van der Waals surface area (Å²) >= 11 is 0. The minimum Gasteiger partial charge on any atom is -0.297 e. The third-order valence-corrected chi connectivity index (χ3v) is 1.92. The first-order valence-electron chi connectivity index (χ1n) is 3.51. The second kappa shape index (κ2) is 3.02. The van der Waals surface area contributed by atoms with Crippen LogP contribution in [0.4, 0.5) is 0 Å². The summed E-state index contributed by atoms with van der Waals surface area (Å²) in [7, 11) is 1.89. The third kappa shape index (κ3) is 1.41. The molecule has 62 valence electrons. The molecule has 1 rings (SSSR count). The summed E-state index contributed by atoms with van der Waals surface area (Å²) in [5.74, 6) is 5.05. The van der Waals surface area contributed by atoms with Gasteiger partial charge in [0.1, 0.15) is 6.10 Å². The molecule has 0 aromatic carbocycles. The molecule has 4 heteroatoms. The van der Waals surface area contributed by atoms with Crippen LogP contribution in [0.15, 0.2) is 6.20 Å². The number of aryl methyl sites for hydroxylation is 1. The average Bonchev–Trinajstić information content (AvgIpc) is 2.32. The van der Waals surface area contributed by atoms with Crippen LogP contribution in [-0.2, 0) is 11.9 Å². The molecule has 1 heterocycles. The van der Waals surface area contributed by atoms with Gasteiger partial charge in [-0.15, -0.1) is 0 Å². The number of nitrogens with two attached hydrogens (primary N) is 1. The maximum Gasteiger partial charge on any atom is 0.104 e. The molecular formula is C7H13N3O. The third-order valence-electron chi connectivity index (χ3n) is 1.92. The Hall–Kier alpha value is -0.870. The van der Waals surface area contributed by atoms with E-state index in [2.05, 4.69) is 9.94 Å². The molecule has 0 bridgehead atoms. The normalized spacial score (nSPS) is 13.5. The van der Waals surface area contributed by atoms with Crippen molar-refractivity contribution in [2.75, 3.05) is 0 Å². The van der Waals surface area contributed by atoms with Crippen LogP contribution in [-0.4, -0.2) is 9.78 Å². The highest BCUT2D eigenvalue weighted by Crippen LogP contribution is 2.17. The van der Waals surface area contributed by atoms with Crippen molar-refractivity contribution < 1.29 is 4.84 Å². The predicted octanol–water partition coefficient (Wildman–Crippen LogP) is 0.680. The average molecular weight is 155 g/mol. The first kappa shape index (κ1) is 8.23. The van der Waals surface area contributed by atoms with Gasteiger partial charge < -0.3 is 0 Å². The maximum atomic E-state index is 5.05. The largest absolute Gasteiger partial charge is 0.297 e. The van der Waals surface area contributed by atoms with Crippen molar-refractivity contribution in [3.05, 3.63) is 17.5 Å². The molecule has 0 saturated carbocycles. The molecule has 1 aromatic heterocycles. The van der Waals surface area contributed by atoms with Crippen LogP contribution in [0.25, 0.3) is 0 Å². The summed E-state index contributed by atoms with van der Waals surface area (Å²) in [6, 6.07) is 0. The first-order chi connectivity index (χ1) is 5.16. The van der Waals surface area contributed by atoms with E-state index in [0.29, 0.717) is 0 Å². The molecule has 1 aromatic rings. The molecule has 0 amide bonds.